The molecule has 34 heavy (non-hydrogen) atoms. The number of benzene rings is 1. The minimum Gasteiger partial charge on any atom is -0.365 e. The van der Waals surface area contributed by atoms with Crippen molar-refractivity contribution in [2.75, 3.05) is 24.5 Å². The molecule has 1 saturated carbocycles. The maximum Gasteiger partial charge on any atom is 0.239 e. The Morgan fingerprint density at radius 2 is 1.74 bits per heavy atom. The van der Waals surface area contributed by atoms with Gasteiger partial charge in [-0.15, -0.1) is 0 Å². The number of allylic oxidation sites excluding steroid dienone is 1. The summed E-state index contributed by atoms with van der Waals surface area (Å²) in [4.78, 5) is 17.4. The van der Waals surface area contributed by atoms with Gasteiger partial charge in [-0.05, 0) is 69.1 Å². The molecule has 0 bridgehead atoms. The number of hydrogen-bond donors (Lipinski definition) is 1. The lowest BCUT2D eigenvalue weighted by Gasteiger charge is -2.40. The summed E-state index contributed by atoms with van der Waals surface area (Å²) in [6.45, 7) is 11.1. The highest BCUT2D eigenvalue weighted by molar-refractivity contribution is 5.82. The molecule has 1 amide bonds. The molecule has 190 valence electrons. The predicted octanol–water partition coefficient (Wildman–Crippen LogP) is 6.34. The van der Waals surface area contributed by atoms with E-state index in [1.54, 1.807) is 0 Å². The number of anilines is 1. The van der Waals surface area contributed by atoms with Crippen LogP contribution in [0.4, 0.5) is 5.69 Å². The van der Waals surface area contributed by atoms with E-state index in [1.807, 2.05) is 4.90 Å². The zero-order valence-corrected chi connectivity index (χ0v) is 22.3. The van der Waals surface area contributed by atoms with E-state index >= 15 is 0 Å². The summed E-state index contributed by atoms with van der Waals surface area (Å²) < 4.78 is 0. The van der Waals surface area contributed by atoms with Crippen molar-refractivity contribution < 1.29 is 4.79 Å². The van der Waals surface area contributed by atoms with Crippen molar-refractivity contribution in [1.82, 2.24) is 4.90 Å². The van der Waals surface area contributed by atoms with Crippen LogP contribution in [0.3, 0.4) is 0 Å². The monoisotopic (exact) mass is 467 g/mol. The van der Waals surface area contributed by atoms with Gasteiger partial charge >= 0.3 is 0 Å². The van der Waals surface area contributed by atoms with E-state index in [2.05, 4.69) is 62.9 Å². The SMILES string of the molecule is CCC(C)[C@H](N)C(=O)N1CCC(N(CC=C(C)C)c2ccc(CCC3CCCCC3)cc2)CC1. The molecule has 2 N–H and O–H groups in total. The van der Waals surface area contributed by atoms with E-state index in [1.165, 1.54) is 61.8 Å². The van der Waals surface area contributed by atoms with E-state index in [0.717, 1.165) is 44.8 Å². The number of carbonyl (C=O) groups is 1. The molecule has 4 nitrogen and oxygen atoms in total. The van der Waals surface area contributed by atoms with Crippen LogP contribution in [0.25, 0.3) is 0 Å². The third kappa shape index (κ3) is 7.60. The van der Waals surface area contributed by atoms with Crippen LogP contribution >= 0.6 is 0 Å². The molecule has 1 aliphatic heterocycles. The molecule has 1 aromatic rings. The van der Waals surface area contributed by atoms with Gasteiger partial charge in [-0.1, -0.05) is 76.2 Å². The van der Waals surface area contributed by atoms with Gasteiger partial charge < -0.3 is 15.5 Å². The lowest BCUT2D eigenvalue weighted by molar-refractivity contribution is -0.134. The Bertz CT molecular complexity index is 769. The van der Waals surface area contributed by atoms with Gasteiger partial charge in [0.25, 0.3) is 0 Å². The summed E-state index contributed by atoms with van der Waals surface area (Å²) in [5, 5.41) is 0. The van der Waals surface area contributed by atoms with E-state index in [-0.39, 0.29) is 17.9 Å². The van der Waals surface area contributed by atoms with Crippen LogP contribution < -0.4 is 10.6 Å². The van der Waals surface area contributed by atoms with E-state index in [9.17, 15) is 4.79 Å². The fraction of sp³-hybridized carbons (Fsp3) is 0.700. The molecule has 1 saturated heterocycles. The second-order valence-electron chi connectivity index (χ2n) is 11.1. The van der Waals surface area contributed by atoms with Crippen molar-refractivity contribution in [2.45, 2.75) is 104 Å². The van der Waals surface area contributed by atoms with Gasteiger partial charge in [0.05, 0.1) is 6.04 Å². The Balaban J connectivity index is 1.60. The molecule has 1 heterocycles. The van der Waals surface area contributed by atoms with Crippen LogP contribution in [0, 0.1) is 11.8 Å². The standard InChI is InChI=1S/C30H49N3O/c1-5-24(4)29(31)30(34)32-20-18-28(19-21-32)33(22-17-23(2)3)27-15-13-26(14-16-27)12-11-25-9-7-6-8-10-25/h13-17,24-25,28-29H,5-12,18-22,31H2,1-4H3/t24?,29-/m0/s1. The lowest BCUT2D eigenvalue weighted by Crippen LogP contribution is -2.52. The van der Waals surface area contributed by atoms with Crippen molar-refractivity contribution in [3.63, 3.8) is 0 Å². The highest BCUT2D eigenvalue weighted by Gasteiger charge is 2.30. The third-order valence-electron chi connectivity index (χ3n) is 8.29. The molecule has 2 atom stereocenters. The van der Waals surface area contributed by atoms with Gasteiger partial charge in [0.15, 0.2) is 0 Å². The van der Waals surface area contributed by atoms with Crippen molar-refractivity contribution in [3.05, 3.63) is 41.5 Å². The van der Waals surface area contributed by atoms with Gasteiger partial charge in [0.1, 0.15) is 0 Å². The summed E-state index contributed by atoms with van der Waals surface area (Å²) in [5.74, 6) is 1.30. The lowest BCUT2D eigenvalue weighted by atomic mass is 9.85. The number of piperidine rings is 1. The molecule has 0 aromatic heterocycles. The maximum atomic E-state index is 12.9. The minimum absolute atomic E-state index is 0.131. The molecule has 1 unspecified atom stereocenters. The first-order valence-corrected chi connectivity index (χ1v) is 13.9. The molecule has 3 rings (SSSR count). The van der Waals surface area contributed by atoms with Crippen LogP contribution in [0.1, 0.15) is 91.0 Å². The van der Waals surface area contributed by atoms with Gasteiger partial charge in [-0.2, -0.15) is 0 Å². The van der Waals surface area contributed by atoms with Crippen molar-refractivity contribution in [1.29, 1.82) is 0 Å². The number of carbonyl (C=O) groups excluding carboxylic acids is 1. The van der Waals surface area contributed by atoms with Gasteiger partial charge in [0.2, 0.25) is 5.91 Å². The number of likely N-dealkylation sites (tertiary alicyclic amines) is 1. The number of rotatable bonds is 10. The molecule has 1 aliphatic carbocycles. The van der Waals surface area contributed by atoms with E-state index in [0.29, 0.717) is 6.04 Å². The molecule has 2 aliphatic rings. The number of amides is 1. The summed E-state index contributed by atoms with van der Waals surface area (Å²) in [6.07, 6.45) is 15.0. The second kappa shape index (κ2) is 13.3. The summed E-state index contributed by atoms with van der Waals surface area (Å²) >= 11 is 0. The maximum absolute atomic E-state index is 12.9. The fourth-order valence-corrected chi connectivity index (χ4v) is 5.55. The van der Waals surface area contributed by atoms with Crippen molar-refractivity contribution in [3.8, 4) is 0 Å². The largest absolute Gasteiger partial charge is 0.365 e. The van der Waals surface area contributed by atoms with Gasteiger partial charge in [-0.3, -0.25) is 4.79 Å². The van der Waals surface area contributed by atoms with Gasteiger partial charge in [0, 0.05) is 31.4 Å². The highest BCUT2D eigenvalue weighted by Crippen LogP contribution is 2.29. The van der Waals surface area contributed by atoms with Crippen LogP contribution in [0.5, 0.6) is 0 Å². The molecule has 4 heteroatoms. The number of hydrogen-bond acceptors (Lipinski definition) is 3. The third-order valence-corrected chi connectivity index (χ3v) is 8.29. The molecule has 0 spiro atoms. The summed E-state index contributed by atoms with van der Waals surface area (Å²) in [5.41, 5.74) is 10.4. The van der Waals surface area contributed by atoms with Crippen molar-refractivity contribution in [2.24, 2.45) is 17.6 Å². The Labute approximate surface area is 209 Å². The van der Waals surface area contributed by atoms with Crippen LogP contribution in [-0.2, 0) is 11.2 Å². The predicted molar refractivity (Wildman–Crippen MR) is 145 cm³/mol. The van der Waals surface area contributed by atoms with Crippen LogP contribution in [-0.4, -0.2) is 42.5 Å². The number of nitrogens with zero attached hydrogens (tertiary/aromatic N) is 2. The first kappa shape index (κ1) is 26.8. The molecule has 1 aromatic carbocycles. The number of nitrogens with two attached hydrogens (primary N) is 1. The molecule has 2 fully saturated rings. The van der Waals surface area contributed by atoms with Crippen molar-refractivity contribution >= 4 is 11.6 Å². The Morgan fingerprint density at radius 1 is 1.09 bits per heavy atom. The highest BCUT2D eigenvalue weighted by atomic mass is 16.2. The number of aryl methyl sites for hydroxylation is 1. The minimum atomic E-state index is -0.371. The summed E-state index contributed by atoms with van der Waals surface area (Å²) in [6, 6.07) is 9.42. The van der Waals surface area contributed by atoms with E-state index < -0.39 is 0 Å². The first-order chi connectivity index (χ1) is 16.4. The Morgan fingerprint density at radius 3 is 2.32 bits per heavy atom. The smallest absolute Gasteiger partial charge is 0.239 e. The Kier molecular flexibility index (Phi) is 10.5. The zero-order valence-electron chi connectivity index (χ0n) is 22.3. The van der Waals surface area contributed by atoms with Crippen LogP contribution in [0.15, 0.2) is 35.9 Å². The molecular weight excluding hydrogens is 418 g/mol. The van der Waals surface area contributed by atoms with Gasteiger partial charge in [-0.25, -0.2) is 0 Å². The fourth-order valence-electron chi connectivity index (χ4n) is 5.55. The molecule has 0 radical (unpaired) electrons. The normalized spacial score (nSPS) is 19.5. The molecular formula is C30H49N3O. The Hall–Kier alpha value is -1.81. The topological polar surface area (TPSA) is 49.6 Å². The van der Waals surface area contributed by atoms with E-state index in [4.69, 9.17) is 5.73 Å². The zero-order chi connectivity index (χ0) is 24.5. The average Bonchev–Trinajstić information content (AvgIpc) is 2.87. The second-order valence-corrected chi connectivity index (χ2v) is 11.1. The first-order valence-electron chi connectivity index (χ1n) is 13.9. The average molecular weight is 468 g/mol. The van der Waals surface area contributed by atoms with Crippen LogP contribution in [0.2, 0.25) is 0 Å². The quantitative estimate of drug-likeness (QED) is 0.409. The summed E-state index contributed by atoms with van der Waals surface area (Å²) in [7, 11) is 0.